The number of hydrogen-bond acceptors (Lipinski definition) is 24. The van der Waals surface area contributed by atoms with Crippen LogP contribution in [0.15, 0.2) is 72.8 Å². The summed E-state index contributed by atoms with van der Waals surface area (Å²) in [6.07, 6.45) is -2.34. The van der Waals surface area contributed by atoms with Crippen molar-refractivity contribution in [2.75, 3.05) is 82.9 Å². The molecule has 0 saturated heterocycles. The lowest BCUT2D eigenvalue weighted by molar-refractivity contribution is -0.767. The van der Waals surface area contributed by atoms with Gasteiger partial charge in [0, 0.05) is 25.2 Å². The first-order chi connectivity index (χ1) is 43.8. The molecule has 0 heterocycles. The molecule has 4 aromatic rings. The van der Waals surface area contributed by atoms with Gasteiger partial charge in [-0.3, -0.25) is 19.4 Å². The fraction of sp³-hybridized carbons (Fsp3) is 0.531. The second-order valence-corrected chi connectivity index (χ2v) is 21.8. The molecule has 0 aliphatic rings. The van der Waals surface area contributed by atoms with Crippen molar-refractivity contribution < 1.29 is 91.9 Å². The van der Waals surface area contributed by atoms with Crippen LogP contribution in [0.3, 0.4) is 0 Å². The number of hydrogen-bond donors (Lipinski definition) is 2. The fourth-order valence-electron chi connectivity index (χ4n) is 10.4. The quantitative estimate of drug-likeness (QED) is 0.0142. The Balaban J connectivity index is 0.0000226. The molecule has 93 heavy (non-hydrogen) atoms. The van der Waals surface area contributed by atoms with Gasteiger partial charge in [-0.15, -0.1) is 20.2 Å². The topological polar surface area (TPSA) is 375 Å². The third-order valence-corrected chi connectivity index (χ3v) is 15.7. The van der Waals surface area contributed by atoms with Gasteiger partial charge in [0.05, 0.1) is 65.6 Å². The Morgan fingerprint density at radius 3 is 1.14 bits per heavy atom. The number of carbonyl (C=O) groups is 4. The smallest absolute Gasteiger partial charge is 0.421 e. The minimum atomic E-state index is -2.36. The van der Waals surface area contributed by atoms with E-state index in [-0.39, 0.29) is 40.6 Å². The van der Waals surface area contributed by atoms with Crippen LogP contribution in [0.5, 0.6) is 46.0 Å². The lowest BCUT2D eigenvalue weighted by atomic mass is 9.74. The van der Waals surface area contributed by atoms with E-state index in [0.29, 0.717) is 85.7 Å². The van der Waals surface area contributed by atoms with Crippen molar-refractivity contribution >= 4 is 23.8 Å². The predicted molar refractivity (Wildman–Crippen MR) is 336 cm³/mol. The van der Waals surface area contributed by atoms with E-state index in [0.717, 1.165) is 24.0 Å². The van der Waals surface area contributed by atoms with E-state index < -0.39 is 82.6 Å². The molecule has 4 aromatic carbocycles. The Bertz CT molecular complexity index is 3010. The van der Waals surface area contributed by atoms with E-state index in [1.165, 1.54) is 80.8 Å². The average Bonchev–Trinajstić information content (AvgIpc) is 1.72. The molecular weight excluding hydrogens is 1220 g/mol. The zero-order valence-electron chi connectivity index (χ0n) is 55.2. The summed E-state index contributed by atoms with van der Waals surface area (Å²) in [7, 11) is 12.5. The normalized spacial score (nSPS) is 14.1. The minimum absolute atomic E-state index is 0. The summed E-state index contributed by atoms with van der Waals surface area (Å²) in [5, 5.41) is 46.1. The molecule has 0 bridgehead atoms. The average molecular weight is 1310 g/mol. The second-order valence-electron chi connectivity index (χ2n) is 21.8. The number of nitrogens with one attached hydrogen (secondary N) is 2. The lowest BCUT2D eigenvalue weighted by Crippen LogP contribution is -2.47. The number of amides is 2. The van der Waals surface area contributed by atoms with Crippen LogP contribution in [0, 0.1) is 42.9 Å². The Labute approximate surface area is 541 Å². The monoisotopic (exact) mass is 1300 g/mol. The molecule has 0 saturated carbocycles. The van der Waals surface area contributed by atoms with Gasteiger partial charge in [-0.05, 0) is 164 Å². The highest BCUT2D eigenvalue weighted by Crippen LogP contribution is 2.42. The molecule has 0 aliphatic carbocycles. The summed E-state index contributed by atoms with van der Waals surface area (Å²) in [6, 6.07) is 24.9. The number of nitrogens with zero attached hydrogens (tertiary/aromatic N) is 6. The molecule has 0 aliphatic heterocycles. The van der Waals surface area contributed by atoms with Crippen LogP contribution >= 0.6 is 0 Å². The maximum absolute atomic E-state index is 13.9. The number of esters is 2. The van der Waals surface area contributed by atoms with E-state index in [1.807, 2.05) is 75.9 Å². The Hall–Kier alpha value is -9.58. The molecule has 29 nitrogen and oxygen atoms in total. The molecule has 0 aromatic heterocycles. The number of rotatable bonds is 40. The Morgan fingerprint density at radius 1 is 0.516 bits per heavy atom. The molecule has 0 radical (unpaired) electrons. The first-order valence-corrected chi connectivity index (χ1v) is 29.8. The third kappa shape index (κ3) is 21.8. The zero-order chi connectivity index (χ0) is 68.3. The minimum Gasteiger partial charge on any atom is -0.493 e. The summed E-state index contributed by atoms with van der Waals surface area (Å²) in [6.45, 7) is 10.3. The van der Waals surface area contributed by atoms with Gasteiger partial charge in [-0.25, -0.2) is 9.59 Å². The van der Waals surface area contributed by atoms with Gasteiger partial charge in [-0.1, -0.05) is 51.0 Å². The van der Waals surface area contributed by atoms with Gasteiger partial charge in [0.1, 0.15) is 12.2 Å². The number of carbonyl (C=O) groups excluding carboxylic acids is 4. The molecule has 510 valence electrons. The van der Waals surface area contributed by atoms with Crippen LogP contribution in [-0.4, -0.2) is 157 Å². The standard InChI is InChI=1S/C64H86N8O20.H2O/c1-15-27-63(39-65,47-21-25-49(81-9)53(35-47)85-13)29-17-31-69(7)43(5)45-19-23-51(83-11)55(33-45)87-61(57(73)67-37-41(3)91-71(77)78)89-59(75)60(76)90-62(58(74)68-38-42(4)92-72(79)80)88-56-34-46(20-24-52(56)84-12)44(6)70(8)32-18-30-64(40-66,28-16-2)48-22-26-50(82-10)54(36-48)86-14;/h19-26,33-36,41-44,61-62H,15-18,27-32,37-38H2,1-14H3,(H,67,73)(H,68,74);1H2. The second kappa shape index (κ2) is 37.7. The Kier molecular flexibility index (Phi) is 31.5. The van der Waals surface area contributed by atoms with Gasteiger partial charge in [0.15, 0.2) is 46.0 Å². The summed E-state index contributed by atoms with van der Waals surface area (Å²) in [5.74, 6) is -4.45. The third-order valence-electron chi connectivity index (χ3n) is 15.7. The van der Waals surface area contributed by atoms with Crippen molar-refractivity contribution in [2.24, 2.45) is 0 Å². The van der Waals surface area contributed by atoms with E-state index in [1.54, 1.807) is 24.3 Å². The van der Waals surface area contributed by atoms with Gasteiger partial charge in [-0.2, -0.15) is 10.5 Å². The van der Waals surface area contributed by atoms with Gasteiger partial charge < -0.3 is 73.2 Å². The lowest BCUT2D eigenvalue weighted by Gasteiger charge is -2.30. The van der Waals surface area contributed by atoms with Crippen LogP contribution in [0.2, 0.25) is 0 Å². The molecule has 4 rings (SSSR count). The van der Waals surface area contributed by atoms with Crippen molar-refractivity contribution in [1.29, 1.82) is 10.5 Å². The molecule has 2 amide bonds. The molecule has 0 spiro atoms. The van der Waals surface area contributed by atoms with Crippen molar-refractivity contribution in [1.82, 2.24) is 20.4 Å². The van der Waals surface area contributed by atoms with Crippen molar-refractivity contribution in [3.05, 3.63) is 115 Å². The number of methoxy groups -OCH3 is 6. The van der Waals surface area contributed by atoms with Gasteiger partial charge in [0.25, 0.3) is 10.2 Å². The van der Waals surface area contributed by atoms with E-state index in [9.17, 15) is 49.9 Å². The molecule has 8 atom stereocenters. The van der Waals surface area contributed by atoms with Crippen LogP contribution in [0.1, 0.15) is 127 Å². The van der Waals surface area contributed by atoms with E-state index >= 15 is 0 Å². The van der Waals surface area contributed by atoms with Crippen LogP contribution in [-0.2, 0) is 49.2 Å². The number of ether oxygens (including phenoxy) is 10. The SMILES string of the molecule is CCCC(C#N)(CCCN(C)C(C)c1ccc(OC)c(OC(OC(=O)C(=O)OC(Oc2cc(C(C)N(C)CCCC(C#N)(CCC)c3ccc(OC)c(OC)c3)ccc2OC)C(=O)NCC(C)O[N+](=O)[O-])C(=O)NCC(C)O[N+](=O)[O-])c1)c1ccc(OC)c(OC)c1.O. The van der Waals surface area contributed by atoms with Crippen LogP contribution in [0.4, 0.5) is 0 Å². The van der Waals surface area contributed by atoms with Crippen molar-refractivity contribution in [2.45, 2.75) is 141 Å². The largest absolute Gasteiger partial charge is 0.493 e. The summed E-state index contributed by atoms with van der Waals surface area (Å²) >= 11 is 0. The highest BCUT2D eigenvalue weighted by molar-refractivity contribution is 6.30. The molecule has 0 fully saturated rings. The molecule has 8 unspecified atom stereocenters. The predicted octanol–water partition coefficient (Wildman–Crippen LogP) is 7.61. The van der Waals surface area contributed by atoms with Crippen LogP contribution in [0.25, 0.3) is 0 Å². The van der Waals surface area contributed by atoms with E-state index in [4.69, 9.17) is 47.4 Å². The highest BCUT2D eigenvalue weighted by Gasteiger charge is 2.37. The first-order valence-electron chi connectivity index (χ1n) is 29.8. The van der Waals surface area contributed by atoms with E-state index in [2.05, 4.69) is 32.4 Å². The van der Waals surface area contributed by atoms with Crippen LogP contribution < -0.4 is 48.5 Å². The summed E-state index contributed by atoms with van der Waals surface area (Å²) in [4.78, 5) is 91.1. The van der Waals surface area contributed by atoms with Gasteiger partial charge in [0.2, 0.25) is 0 Å². The molecule has 4 N–H and O–H groups in total. The molecular formula is C64H88N8O21. The first kappa shape index (κ1) is 77.7. The molecule has 29 heteroatoms. The summed E-state index contributed by atoms with van der Waals surface area (Å²) in [5.41, 5.74) is 1.15. The zero-order valence-corrected chi connectivity index (χ0v) is 55.2. The van der Waals surface area contributed by atoms with Crippen molar-refractivity contribution in [3.8, 4) is 58.1 Å². The summed E-state index contributed by atoms with van der Waals surface area (Å²) < 4.78 is 55.9. The number of nitriles is 2. The van der Waals surface area contributed by atoms with Gasteiger partial charge >= 0.3 is 36.3 Å². The van der Waals surface area contributed by atoms with Crippen molar-refractivity contribution in [3.63, 3.8) is 0 Å². The number of benzene rings is 4. The maximum Gasteiger partial charge on any atom is 0.421 e. The Morgan fingerprint density at radius 2 is 0.839 bits per heavy atom. The fourth-order valence-corrected chi connectivity index (χ4v) is 10.4. The maximum atomic E-state index is 13.9. The highest BCUT2D eigenvalue weighted by atomic mass is 17.0.